The molecule has 2 fully saturated rings. The summed E-state index contributed by atoms with van der Waals surface area (Å²) in [6.45, 7) is 9.72. The molecule has 3 nitrogen and oxygen atoms in total. The molecule has 1 aliphatic heterocycles. The Labute approximate surface area is 113 Å². The minimum atomic E-state index is 0.397. The second kappa shape index (κ2) is 5.89. The zero-order valence-electron chi connectivity index (χ0n) is 12.7. The number of nitrogens with one attached hydrogen (secondary N) is 1. The van der Waals surface area contributed by atoms with Crippen LogP contribution in [-0.4, -0.2) is 61.7 Å². The number of hydrogen-bond acceptors (Lipinski definition) is 3. The molecule has 0 bridgehead atoms. The molecule has 0 amide bonds. The van der Waals surface area contributed by atoms with Crippen LogP contribution in [0.2, 0.25) is 0 Å². The molecule has 1 N–H and O–H groups in total. The minimum absolute atomic E-state index is 0.397. The Kier molecular flexibility index (Phi) is 4.68. The highest BCUT2D eigenvalue weighted by atomic mass is 15.3. The molecule has 3 heteroatoms. The van der Waals surface area contributed by atoms with Gasteiger partial charge in [-0.1, -0.05) is 0 Å². The highest BCUT2D eigenvalue weighted by molar-refractivity contribution is 5.03. The van der Waals surface area contributed by atoms with Crippen LogP contribution in [-0.2, 0) is 0 Å². The second-order valence-corrected chi connectivity index (χ2v) is 6.90. The van der Waals surface area contributed by atoms with Gasteiger partial charge in [0.05, 0.1) is 0 Å². The average molecular weight is 253 g/mol. The number of hydrogen-bond donors (Lipinski definition) is 1. The van der Waals surface area contributed by atoms with E-state index in [2.05, 4.69) is 43.1 Å². The number of unbranched alkanes of at least 4 members (excludes halogenated alkanes) is 1. The summed E-state index contributed by atoms with van der Waals surface area (Å²) >= 11 is 0. The standard InChI is InChI=1S/C15H31N3/c1-13-11-16-15(2,14-7-8-14)12-18(13)10-6-5-9-17(3)4/h13-14,16H,5-12H2,1-4H3. The third-order valence-corrected chi connectivity index (χ3v) is 4.74. The lowest BCUT2D eigenvalue weighted by molar-refractivity contribution is 0.0814. The van der Waals surface area contributed by atoms with Crippen molar-refractivity contribution in [3.8, 4) is 0 Å². The van der Waals surface area contributed by atoms with E-state index in [4.69, 9.17) is 0 Å². The van der Waals surface area contributed by atoms with Crippen LogP contribution >= 0.6 is 0 Å². The fourth-order valence-electron chi connectivity index (χ4n) is 3.18. The van der Waals surface area contributed by atoms with Gasteiger partial charge in [0, 0.05) is 24.7 Å². The van der Waals surface area contributed by atoms with Gasteiger partial charge >= 0.3 is 0 Å². The minimum Gasteiger partial charge on any atom is -0.309 e. The lowest BCUT2D eigenvalue weighted by Crippen LogP contribution is -2.63. The molecule has 1 heterocycles. The van der Waals surface area contributed by atoms with Crippen LogP contribution in [0, 0.1) is 5.92 Å². The molecule has 1 saturated heterocycles. The molecule has 0 aromatic carbocycles. The third-order valence-electron chi connectivity index (χ3n) is 4.74. The molecule has 2 unspecified atom stereocenters. The summed E-state index contributed by atoms with van der Waals surface area (Å²) < 4.78 is 0. The molecule has 106 valence electrons. The largest absolute Gasteiger partial charge is 0.309 e. The van der Waals surface area contributed by atoms with Crippen molar-refractivity contribution in [3.05, 3.63) is 0 Å². The van der Waals surface area contributed by atoms with Gasteiger partial charge in [0.15, 0.2) is 0 Å². The van der Waals surface area contributed by atoms with Crippen LogP contribution in [0.5, 0.6) is 0 Å². The number of nitrogens with zero attached hydrogens (tertiary/aromatic N) is 2. The van der Waals surface area contributed by atoms with E-state index in [1.54, 1.807) is 0 Å². The van der Waals surface area contributed by atoms with Gasteiger partial charge in [-0.05, 0) is 72.6 Å². The smallest absolute Gasteiger partial charge is 0.0309 e. The van der Waals surface area contributed by atoms with Crippen molar-refractivity contribution < 1.29 is 0 Å². The molecule has 1 aliphatic carbocycles. The van der Waals surface area contributed by atoms with E-state index in [0.717, 1.165) is 5.92 Å². The molecule has 2 rings (SSSR count). The fourth-order valence-corrected chi connectivity index (χ4v) is 3.18. The first-order valence-electron chi connectivity index (χ1n) is 7.65. The van der Waals surface area contributed by atoms with Crippen molar-refractivity contribution in [2.75, 3.05) is 40.3 Å². The van der Waals surface area contributed by atoms with Crippen molar-refractivity contribution in [2.45, 2.75) is 51.1 Å². The van der Waals surface area contributed by atoms with Crippen molar-refractivity contribution >= 4 is 0 Å². The highest BCUT2D eigenvalue weighted by Gasteiger charge is 2.44. The fraction of sp³-hybridized carbons (Fsp3) is 1.00. The predicted molar refractivity (Wildman–Crippen MR) is 78.0 cm³/mol. The zero-order chi connectivity index (χ0) is 13.2. The van der Waals surface area contributed by atoms with E-state index >= 15 is 0 Å². The molecule has 0 radical (unpaired) electrons. The highest BCUT2D eigenvalue weighted by Crippen LogP contribution is 2.41. The van der Waals surface area contributed by atoms with Crippen LogP contribution in [0.1, 0.15) is 39.5 Å². The van der Waals surface area contributed by atoms with Gasteiger partial charge in [-0.15, -0.1) is 0 Å². The summed E-state index contributed by atoms with van der Waals surface area (Å²) in [5, 5.41) is 3.80. The van der Waals surface area contributed by atoms with Gasteiger partial charge in [0.25, 0.3) is 0 Å². The van der Waals surface area contributed by atoms with Gasteiger partial charge in [0.2, 0.25) is 0 Å². The van der Waals surface area contributed by atoms with Gasteiger partial charge in [-0.3, -0.25) is 4.90 Å². The normalized spacial score (nSPS) is 34.2. The Morgan fingerprint density at radius 3 is 2.61 bits per heavy atom. The monoisotopic (exact) mass is 253 g/mol. The van der Waals surface area contributed by atoms with E-state index in [9.17, 15) is 0 Å². The first-order valence-corrected chi connectivity index (χ1v) is 7.65. The van der Waals surface area contributed by atoms with Gasteiger partial charge < -0.3 is 10.2 Å². The lowest BCUT2D eigenvalue weighted by atomic mass is 9.91. The summed E-state index contributed by atoms with van der Waals surface area (Å²) in [5.74, 6) is 0.939. The third kappa shape index (κ3) is 3.69. The average Bonchev–Trinajstić information content (AvgIpc) is 3.13. The summed E-state index contributed by atoms with van der Waals surface area (Å²) in [6, 6.07) is 0.705. The van der Waals surface area contributed by atoms with Gasteiger partial charge in [0.1, 0.15) is 0 Å². The van der Waals surface area contributed by atoms with E-state index in [1.807, 2.05) is 0 Å². The summed E-state index contributed by atoms with van der Waals surface area (Å²) in [7, 11) is 4.33. The molecular formula is C15H31N3. The molecule has 0 spiro atoms. The first-order chi connectivity index (χ1) is 8.51. The summed E-state index contributed by atoms with van der Waals surface area (Å²) in [4.78, 5) is 5.00. The van der Waals surface area contributed by atoms with Crippen molar-refractivity contribution in [2.24, 2.45) is 5.92 Å². The maximum atomic E-state index is 3.80. The number of rotatable bonds is 6. The van der Waals surface area contributed by atoms with Crippen molar-refractivity contribution in [1.29, 1.82) is 0 Å². The van der Waals surface area contributed by atoms with Crippen LogP contribution in [0.3, 0.4) is 0 Å². The number of piperazine rings is 1. The zero-order valence-corrected chi connectivity index (χ0v) is 12.7. The molecule has 1 saturated carbocycles. The van der Waals surface area contributed by atoms with Crippen molar-refractivity contribution in [1.82, 2.24) is 15.1 Å². The lowest BCUT2D eigenvalue weighted by Gasteiger charge is -2.45. The quantitative estimate of drug-likeness (QED) is 0.728. The second-order valence-electron chi connectivity index (χ2n) is 6.90. The van der Waals surface area contributed by atoms with E-state index < -0.39 is 0 Å². The Morgan fingerprint density at radius 1 is 1.28 bits per heavy atom. The van der Waals surface area contributed by atoms with Crippen LogP contribution < -0.4 is 5.32 Å². The maximum Gasteiger partial charge on any atom is 0.0309 e. The first kappa shape index (κ1) is 14.3. The van der Waals surface area contributed by atoms with Crippen molar-refractivity contribution in [3.63, 3.8) is 0 Å². The Bertz CT molecular complexity index is 262. The van der Waals surface area contributed by atoms with E-state index in [0.29, 0.717) is 11.6 Å². The van der Waals surface area contributed by atoms with Gasteiger partial charge in [-0.25, -0.2) is 0 Å². The van der Waals surface area contributed by atoms with Crippen LogP contribution in [0.25, 0.3) is 0 Å². The molecular weight excluding hydrogens is 222 g/mol. The topological polar surface area (TPSA) is 18.5 Å². The van der Waals surface area contributed by atoms with Crippen LogP contribution in [0.15, 0.2) is 0 Å². The molecule has 0 aromatic rings. The van der Waals surface area contributed by atoms with Crippen LogP contribution in [0.4, 0.5) is 0 Å². The molecule has 2 aliphatic rings. The Hall–Kier alpha value is -0.120. The van der Waals surface area contributed by atoms with E-state index in [-0.39, 0.29) is 0 Å². The van der Waals surface area contributed by atoms with Gasteiger partial charge in [-0.2, -0.15) is 0 Å². The molecule has 2 atom stereocenters. The Balaban J connectivity index is 1.75. The van der Waals surface area contributed by atoms with E-state index in [1.165, 1.54) is 51.9 Å². The summed E-state index contributed by atoms with van der Waals surface area (Å²) in [5.41, 5.74) is 0.397. The maximum absolute atomic E-state index is 3.80. The Morgan fingerprint density at radius 2 is 2.00 bits per heavy atom. The SMILES string of the molecule is CC1CNC(C)(C2CC2)CN1CCCCN(C)C. The summed E-state index contributed by atoms with van der Waals surface area (Å²) in [6.07, 6.45) is 5.53. The molecule has 18 heavy (non-hydrogen) atoms. The predicted octanol–water partition coefficient (Wildman–Crippen LogP) is 1.79. The molecule has 0 aromatic heterocycles.